The third-order valence-electron chi connectivity index (χ3n) is 12.3. The predicted molar refractivity (Wildman–Crippen MR) is 226 cm³/mol. The smallest absolute Gasteiger partial charge is 0.280 e. The Morgan fingerprint density at radius 1 is 1.03 bits per heavy atom. The van der Waals surface area contributed by atoms with Gasteiger partial charge in [0.25, 0.3) is 17.7 Å². The molecule has 0 radical (unpaired) electrons. The van der Waals surface area contributed by atoms with Crippen LogP contribution in [0.5, 0.6) is 5.88 Å². The first kappa shape index (κ1) is 43.5. The molecule has 2 saturated heterocycles. The molecule has 0 aliphatic carbocycles. The van der Waals surface area contributed by atoms with Crippen molar-refractivity contribution in [3.63, 3.8) is 0 Å². The number of nitrogens with one attached hydrogen (secondary N) is 2. The van der Waals surface area contributed by atoms with E-state index in [1.54, 1.807) is 60.1 Å². The topological polar surface area (TPSA) is 154 Å². The van der Waals surface area contributed by atoms with E-state index in [0.29, 0.717) is 58.9 Å². The van der Waals surface area contributed by atoms with Crippen molar-refractivity contribution in [2.45, 2.75) is 64.2 Å². The molecule has 4 amide bonds. The number of imide groups is 1. The second-order valence-corrected chi connectivity index (χ2v) is 17.1. The van der Waals surface area contributed by atoms with Gasteiger partial charge < -0.3 is 19.9 Å². The molecular weight excluding hydrogens is 823 g/mol. The lowest BCUT2D eigenvalue weighted by Gasteiger charge is -2.39. The lowest BCUT2D eigenvalue weighted by atomic mass is 9.88. The molecule has 18 heteroatoms. The molecule has 2 aromatic heterocycles. The van der Waals surface area contributed by atoms with Crippen molar-refractivity contribution in [2.24, 2.45) is 23.9 Å². The molecule has 4 aliphatic rings. The van der Waals surface area contributed by atoms with E-state index >= 15 is 17.6 Å². The third kappa shape index (κ3) is 9.17. The van der Waals surface area contributed by atoms with Crippen molar-refractivity contribution in [3.05, 3.63) is 88.2 Å². The first-order valence-electron chi connectivity index (χ1n) is 21.2. The average Bonchev–Trinajstić information content (AvgIpc) is 3.76. The molecule has 2 N–H and O–H groups in total. The second kappa shape index (κ2) is 17.5. The number of anilines is 2. The average molecular weight is 872 g/mol. The van der Waals surface area contributed by atoms with Gasteiger partial charge in [-0.05, 0) is 99.5 Å². The Hall–Kier alpha value is -6.17. The first-order chi connectivity index (χ1) is 30.0. The number of carbonyl (C=O) groups is 4. The molecule has 2 bridgehead atoms. The van der Waals surface area contributed by atoms with Crippen LogP contribution in [0.25, 0.3) is 11.3 Å². The van der Waals surface area contributed by atoms with Crippen LogP contribution in [0.1, 0.15) is 82.5 Å². The number of benzene rings is 2. The highest BCUT2D eigenvalue weighted by Gasteiger charge is 2.45. The highest BCUT2D eigenvalue weighted by Crippen LogP contribution is 2.38. The zero-order valence-electron chi connectivity index (χ0n) is 35.5. The fourth-order valence-electron chi connectivity index (χ4n) is 8.91. The summed E-state index contributed by atoms with van der Waals surface area (Å²) >= 11 is 0. The van der Waals surface area contributed by atoms with E-state index in [-0.39, 0.29) is 62.4 Å². The van der Waals surface area contributed by atoms with E-state index in [4.69, 9.17) is 4.74 Å². The highest BCUT2D eigenvalue weighted by molar-refractivity contribution is 6.19. The summed E-state index contributed by atoms with van der Waals surface area (Å²) in [5, 5.41) is 9.72. The number of guanidine groups is 1. The number of aliphatic imine (C=N–C) groups is 1. The number of hydrogen-bond acceptors (Lipinski definition) is 10. The van der Waals surface area contributed by atoms with E-state index in [0.717, 1.165) is 25.0 Å². The van der Waals surface area contributed by atoms with Crippen LogP contribution in [0.3, 0.4) is 0 Å². The van der Waals surface area contributed by atoms with Crippen LogP contribution in [0, 0.1) is 30.4 Å². The minimum absolute atomic E-state index is 0.00847. The number of nitrogens with zero attached hydrogens (tertiary/aromatic N) is 7. The molecule has 2 aromatic carbocycles. The summed E-state index contributed by atoms with van der Waals surface area (Å²) in [6.07, 6.45) is 3.31. The Morgan fingerprint density at radius 3 is 2.56 bits per heavy atom. The SMILES string of the molecule is Cc1cc2cc(n1)-c1cnn(C)c1OCCC[C@@H](C)CN1/C(=N/C2=O)Nc2ccc(C(=O)N(C)C[C@@H]3CCN(CCc4cc(F)c([C@H]5CCC(=O)NC5=O)c(F)c4)CC3(F)F)cc21. The standard InChI is InChI=1S/C45H49F4N9O5/c1-25-6-5-15-63-43-32(21-50-56(43)4)36-19-29(16-26(2)51-36)40(60)54-44-52-35-9-7-28(20-37(35)58(44)22-25)42(62)55(3)23-30-12-14-57(24-45(30,48)49)13-11-27-17-33(46)39(34(47)18-27)31-8-10-38(59)53-41(31)61/h7,9,16-21,25,30-31H,5-6,8,10-15,22-24H2,1-4H3,(H,52,54,60)(H,53,59,61)/t25-,30+,31-/m1/s1. The molecule has 4 aromatic rings. The maximum atomic E-state index is 15.7. The summed E-state index contributed by atoms with van der Waals surface area (Å²) in [5.74, 6) is -8.50. The molecule has 6 heterocycles. The Balaban J connectivity index is 0.930. The lowest BCUT2D eigenvalue weighted by Crippen LogP contribution is -2.52. The van der Waals surface area contributed by atoms with Crippen LogP contribution < -0.4 is 20.3 Å². The summed E-state index contributed by atoms with van der Waals surface area (Å²) in [5.41, 5.74) is 3.54. The first-order valence-corrected chi connectivity index (χ1v) is 21.2. The van der Waals surface area contributed by atoms with Gasteiger partial charge >= 0.3 is 0 Å². The summed E-state index contributed by atoms with van der Waals surface area (Å²) < 4.78 is 69.5. The number of piperidine rings is 2. The molecular formula is C45H49F4N9O5. The Morgan fingerprint density at radius 2 is 1.81 bits per heavy atom. The summed E-state index contributed by atoms with van der Waals surface area (Å²) in [6.45, 7) is 4.38. The molecule has 63 heavy (non-hydrogen) atoms. The van der Waals surface area contributed by atoms with E-state index in [1.165, 1.54) is 11.9 Å². The minimum Gasteiger partial charge on any atom is -0.477 e. The van der Waals surface area contributed by atoms with E-state index < -0.39 is 65.1 Å². The molecule has 14 nitrogen and oxygen atoms in total. The van der Waals surface area contributed by atoms with Crippen molar-refractivity contribution >= 4 is 41.0 Å². The maximum absolute atomic E-state index is 15.7. The van der Waals surface area contributed by atoms with Crippen LogP contribution in [-0.2, 0) is 23.1 Å². The van der Waals surface area contributed by atoms with Crippen molar-refractivity contribution in [3.8, 4) is 17.1 Å². The lowest BCUT2D eigenvalue weighted by molar-refractivity contribution is -0.134. The molecule has 332 valence electrons. The number of hydrogen-bond donors (Lipinski definition) is 2. The van der Waals surface area contributed by atoms with Crippen molar-refractivity contribution in [2.75, 3.05) is 56.6 Å². The number of likely N-dealkylation sites (tertiary alicyclic amines) is 1. The summed E-state index contributed by atoms with van der Waals surface area (Å²) in [4.78, 5) is 65.3. The molecule has 3 atom stereocenters. The predicted octanol–water partition coefficient (Wildman–Crippen LogP) is 6.10. The van der Waals surface area contributed by atoms with E-state index in [9.17, 15) is 19.2 Å². The van der Waals surface area contributed by atoms with Gasteiger partial charge in [-0.2, -0.15) is 10.1 Å². The fraction of sp³-hybridized carbons (Fsp3) is 0.444. The molecule has 0 saturated carbocycles. The van der Waals surface area contributed by atoms with E-state index in [2.05, 4.69) is 32.6 Å². The normalized spacial score (nSPS) is 22.3. The number of aryl methyl sites for hydroxylation is 2. The second-order valence-electron chi connectivity index (χ2n) is 17.1. The van der Waals surface area contributed by atoms with Gasteiger partial charge in [-0.25, -0.2) is 22.2 Å². The van der Waals surface area contributed by atoms with Gasteiger partial charge in [0, 0.05) is 68.5 Å². The molecule has 4 aliphatic heterocycles. The highest BCUT2D eigenvalue weighted by atomic mass is 19.3. The summed E-state index contributed by atoms with van der Waals surface area (Å²) in [7, 11) is 3.28. The molecule has 0 spiro atoms. The van der Waals surface area contributed by atoms with Crippen LogP contribution in [0.4, 0.5) is 28.9 Å². The number of ether oxygens (including phenoxy) is 1. The minimum atomic E-state index is -3.16. The van der Waals surface area contributed by atoms with E-state index in [1.807, 2.05) is 4.90 Å². The fourth-order valence-corrected chi connectivity index (χ4v) is 8.91. The Kier molecular flexibility index (Phi) is 12.1. The van der Waals surface area contributed by atoms with Gasteiger partial charge in [0.05, 0.1) is 47.9 Å². The largest absolute Gasteiger partial charge is 0.477 e. The number of pyridine rings is 1. The van der Waals surface area contributed by atoms with Gasteiger partial charge in [-0.15, -0.1) is 0 Å². The van der Waals surface area contributed by atoms with Crippen molar-refractivity contribution in [1.82, 2.24) is 29.9 Å². The van der Waals surface area contributed by atoms with Gasteiger partial charge in [0.1, 0.15) is 11.6 Å². The van der Waals surface area contributed by atoms with Gasteiger partial charge in [-0.3, -0.25) is 34.4 Å². The van der Waals surface area contributed by atoms with Crippen LogP contribution >= 0.6 is 0 Å². The van der Waals surface area contributed by atoms with Crippen molar-refractivity contribution < 1.29 is 41.5 Å². The van der Waals surface area contributed by atoms with Crippen LogP contribution in [-0.4, -0.2) is 106 Å². The number of halogens is 4. The third-order valence-corrected chi connectivity index (χ3v) is 12.3. The zero-order chi connectivity index (χ0) is 44.7. The number of alkyl halides is 2. The number of amides is 4. The Bertz CT molecular complexity index is 2490. The summed E-state index contributed by atoms with van der Waals surface area (Å²) in [6, 6.07) is 10.6. The zero-order valence-corrected chi connectivity index (χ0v) is 35.5. The number of fused-ring (bicyclic) bond motifs is 7. The number of aromatic nitrogens is 3. The van der Waals surface area contributed by atoms with Crippen LogP contribution in [0.15, 0.2) is 53.7 Å². The molecule has 8 rings (SSSR count). The monoisotopic (exact) mass is 871 g/mol. The number of rotatable bonds is 7. The maximum Gasteiger partial charge on any atom is 0.280 e. The molecule has 2 fully saturated rings. The number of carbonyl (C=O) groups excluding carboxylic acids is 4. The van der Waals surface area contributed by atoms with Gasteiger partial charge in [0.15, 0.2) is 0 Å². The van der Waals surface area contributed by atoms with Crippen LogP contribution in [0.2, 0.25) is 0 Å². The molecule has 0 unspecified atom stereocenters. The van der Waals surface area contributed by atoms with Gasteiger partial charge in [-0.1, -0.05) is 6.92 Å². The Labute approximate surface area is 361 Å². The quantitative estimate of drug-likeness (QED) is 0.165. The van der Waals surface area contributed by atoms with Gasteiger partial charge in [0.2, 0.25) is 23.7 Å². The van der Waals surface area contributed by atoms with Crippen molar-refractivity contribution in [1.29, 1.82) is 0 Å².